The molecule has 0 unspecified atom stereocenters. The Labute approximate surface area is 169 Å². The Morgan fingerprint density at radius 2 is 1.82 bits per heavy atom. The third-order valence-electron chi connectivity index (χ3n) is 4.33. The van der Waals surface area contributed by atoms with Crippen LogP contribution in [0.3, 0.4) is 0 Å². The zero-order valence-electron chi connectivity index (χ0n) is 16.4. The summed E-state index contributed by atoms with van der Waals surface area (Å²) in [6, 6.07) is 14.0. The van der Waals surface area contributed by atoms with Gasteiger partial charge in [0, 0.05) is 17.8 Å². The van der Waals surface area contributed by atoms with Crippen molar-refractivity contribution >= 4 is 23.4 Å². The van der Waals surface area contributed by atoms with Crippen LogP contribution in [0.15, 0.2) is 60.3 Å². The topological polar surface area (TPSA) is 59.8 Å². The molecule has 3 aromatic rings. The number of hydrogen-bond acceptors (Lipinski definition) is 4. The lowest BCUT2D eigenvalue weighted by atomic mass is 10.1. The lowest BCUT2D eigenvalue weighted by Gasteiger charge is -2.13. The van der Waals surface area contributed by atoms with E-state index >= 15 is 0 Å². The molecule has 6 heteroatoms. The summed E-state index contributed by atoms with van der Waals surface area (Å²) < 4.78 is 1.97. The Hall–Kier alpha value is -2.86. The molecule has 1 N–H and O–H groups in total. The van der Waals surface area contributed by atoms with Crippen molar-refractivity contribution in [2.75, 3.05) is 11.1 Å². The Bertz CT molecular complexity index is 972. The van der Waals surface area contributed by atoms with E-state index in [0.29, 0.717) is 11.7 Å². The number of carbonyl (C=O) groups excluding carboxylic acids is 1. The first-order chi connectivity index (χ1) is 13.5. The van der Waals surface area contributed by atoms with Gasteiger partial charge >= 0.3 is 0 Å². The number of nitrogens with zero attached hydrogens (tertiary/aromatic N) is 3. The highest BCUT2D eigenvalue weighted by molar-refractivity contribution is 7.99. The second-order valence-electron chi connectivity index (χ2n) is 6.68. The van der Waals surface area contributed by atoms with Crippen molar-refractivity contribution in [3.05, 3.63) is 71.8 Å². The van der Waals surface area contributed by atoms with Crippen molar-refractivity contribution in [3.63, 3.8) is 0 Å². The molecule has 0 atom stereocenters. The SMILES string of the molecule is C=CCn1c(SCC(=O)Nc2c(C)cc(C)cc2C)nnc1-c1ccccc1. The highest BCUT2D eigenvalue weighted by Crippen LogP contribution is 2.25. The minimum absolute atomic E-state index is 0.0607. The van der Waals surface area contributed by atoms with Gasteiger partial charge in [0.15, 0.2) is 11.0 Å². The molecule has 0 aliphatic heterocycles. The van der Waals surface area contributed by atoms with E-state index in [9.17, 15) is 4.79 Å². The molecule has 5 nitrogen and oxygen atoms in total. The number of allylic oxidation sites excluding steroid dienone is 1. The molecular weight excluding hydrogens is 368 g/mol. The van der Waals surface area contributed by atoms with Crippen molar-refractivity contribution in [2.45, 2.75) is 32.5 Å². The third kappa shape index (κ3) is 4.51. The number of benzene rings is 2. The predicted octanol–water partition coefficient (Wildman–Crippen LogP) is 4.79. The molecule has 0 bridgehead atoms. The number of aromatic nitrogens is 3. The fourth-order valence-corrected chi connectivity index (χ4v) is 3.92. The summed E-state index contributed by atoms with van der Waals surface area (Å²) >= 11 is 1.37. The van der Waals surface area contributed by atoms with E-state index < -0.39 is 0 Å². The van der Waals surface area contributed by atoms with Gasteiger partial charge in [-0.25, -0.2) is 0 Å². The van der Waals surface area contributed by atoms with Crippen LogP contribution in [0, 0.1) is 20.8 Å². The Morgan fingerprint density at radius 1 is 1.14 bits per heavy atom. The molecule has 0 saturated carbocycles. The molecule has 0 fully saturated rings. The van der Waals surface area contributed by atoms with E-state index in [-0.39, 0.29) is 11.7 Å². The summed E-state index contributed by atoms with van der Waals surface area (Å²) in [6.07, 6.45) is 1.80. The molecular formula is C22H24N4OS. The molecule has 1 heterocycles. The minimum Gasteiger partial charge on any atom is -0.325 e. The Morgan fingerprint density at radius 3 is 2.46 bits per heavy atom. The van der Waals surface area contributed by atoms with Crippen molar-refractivity contribution in [1.82, 2.24) is 14.8 Å². The number of hydrogen-bond donors (Lipinski definition) is 1. The van der Waals surface area contributed by atoms with Gasteiger partial charge in [0.1, 0.15) is 0 Å². The molecule has 1 aromatic heterocycles. The van der Waals surface area contributed by atoms with E-state index in [4.69, 9.17) is 0 Å². The predicted molar refractivity (Wildman–Crippen MR) is 116 cm³/mol. The zero-order chi connectivity index (χ0) is 20.1. The van der Waals surface area contributed by atoms with Crippen LogP contribution in [-0.4, -0.2) is 26.4 Å². The van der Waals surface area contributed by atoms with Crippen molar-refractivity contribution in [3.8, 4) is 11.4 Å². The first kappa shape index (κ1) is 19.9. The van der Waals surface area contributed by atoms with Gasteiger partial charge in [-0.05, 0) is 31.9 Å². The Kier molecular flexibility index (Phi) is 6.31. The largest absolute Gasteiger partial charge is 0.325 e. The molecule has 1 amide bonds. The van der Waals surface area contributed by atoms with Gasteiger partial charge in [-0.1, -0.05) is 65.9 Å². The van der Waals surface area contributed by atoms with Crippen LogP contribution >= 0.6 is 11.8 Å². The summed E-state index contributed by atoms with van der Waals surface area (Å²) in [4.78, 5) is 12.5. The highest BCUT2D eigenvalue weighted by atomic mass is 32.2. The van der Waals surface area contributed by atoms with Gasteiger partial charge in [-0.2, -0.15) is 0 Å². The van der Waals surface area contributed by atoms with E-state index in [2.05, 4.69) is 41.1 Å². The fourth-order valence-electron chi connectivity index (χ4n) is 3.17. The molecule has 144 valence electrons. The normalized spacial score (nSPS) is 10.7. The Balaban J connectivity index is 1.73. The second-order valence-corrected chi connectivity index (χ2v) is 7.62. The van der Waals surface area contributed by atoms with Crippen LogP contribution in [0.5, 0.6) is 0 Å². The maximum Gasteiger partial charge on any atom is 0.234 e. The lowest BCUT2D eigenvalue weighted by Crippen LogP contribution is -2.16. The highest BCUT2D eigenvalue weighted by Gasteiger charge is 2.15. The van der Waals surface area contributed by atoms with Gasteiger partial charge in [0.2, 0.25) is 5.91 Å². The second kappa shape index (κ2) is 8.89. The third-order valence-corrected chi connectivity index (χ3v) is 5.30. The number of rotatable bonds is 7. The van der Waals surface area contributed by atoms with Crippen LogP contribution in [-0.2, 0) is 11.3 Å². The summed E-state index contributed by atoms with van der Waals surface area (Å²) in [6.45, 7) is 10.5. The summed E-state index contributed by atoms with van der Waals surface area (Å²) in [7, 11) is 0. The molecule has 0 aliphatic carbocycles. The van der Waals surface area contributed by atoms with Crippen LogP contribution in [0.4, 0.5) is 5.69 Å². The van der Waals surface area contributed by atoms with Crippen LogP contribution in [0.2, 0.25) is 0 Å². The van der Waals surface area contributed by atoms with E-state index in [1.54, 1.807) is 6.08 Å². The standard InChI is InChI=1S/C22H24N4OS/c1-5-11-26-21(18-9-7-6-8-10-18)24-25-22(26)28-14-19(27)23-20-16(3)12-15(2)13-17(20)4/h5-10,12-13H,1,11,14H2,2-4H3,(H,23,27). The maximum absolute atomic E-state index is 12.5. The number of anilines is 1. The molecule has 0 radical (unpaired) electrons. The number of aryl methyl sites for hydroxylation is 3. The van der Waals surface area contributed by atoms with Crippen molar-refractivity contribution in [1.29, 1.82) is 0 Å². The van der Waals surface area contributed by atoms with Crippen molar-refractivity contribution < 1.29 is 4.79 Å². The van der Waals surface area contributed by atoms with E-state index in [1.165, 1.54) is 17.3 Å². The van der Waals surface area contributed by atoms with Crippen LogP contribution in [0.1, 0.15) is 16.7 Å². The van der Waals surface area contributed by atoms with Gasteiger partial charge in [-0.15, -0.1) is 16.8 Å². The number of amides is 1. The van der Waals surface area contributed by atoms with Gasteiger partial charge in [-0.3, -0.25) is 9.36 Å². The molecule has 3 rings (SSSR count). The first-order valence-electron chi connectivity index (χ1n) is 9.09. The van der Waals surface area contributed by atoms with E-state index in [0.717, 1.165) is 28.2 Å². The van der Waals surface area contributed by atoms with Gasteiger partial charge in [0.25, 0.3) is 0 Å². The summed E-state index contributed by atoms with van der Waals surface area (Å²) in [5.74, 6) is 0.972. The quantitative estimate of drug-likeness (QED) is 0.464. The molecule has 0 saturated heterocycles. The first-order valence-corrected chi connectivity index (χ1v) is 10.1. The van der Waals surface area contributed by atoms with Gasteiger partial charge < -0.3 is 5.32 Å². The molecule has 0 aliphatic rings. The minimum atomic E-state index is -0.0607. The van der Waals surface area contributed by atoms with Crippen LogP contribution < -0.4 is 5.32 Å². The molecule has 28 heavy (non-hydrogen) atoms. The smallest absolute Gasteiger partial charge is 0.234 e. The molecule has 0 spiro atoms. The average Bonchev–Trinajstić information content (AvgIpc) is 3.07. The summed E-state index contributed by atoms with van der Waals surface area (Å²) in [5, 5.41) is 12.3. The monoisotopic (exact) mass is 392 g/mol. The number of nitrogens with one attached hydrogen (secondary N) is 1. The van der Waals surface area contributed by atoms with E-state index in [1.807, 2.05) is 48.7 Å². The fraction of sp³-hybridized carbons (Fsp3) is 0.227. The summed E-state index contributed by atoms with van der Waals surface area (Å²) in [5.41, 5.74) is 5.19. The number of carbonyl (C=O) groups is 1. The average molecular weight is 393 g/mol. The zero-order valence-corrected chi connectivity index (χ0v) is 17.2. The van der Waals surface area contributed by atoms with Crippen molar-refractivity contribution in [2.24, 2.45) is 0 Å². The van der Waals surface area contributed by atoms with Gasteiger partial charge in [0.05, 0.1) is 5.75 Å². The maximum atomic E-state index is 12.5. The lowest BCUT2D eigenvalue weighted by molar-refractivity contribution is -0.113. The molecule has 2 aromatic carbocycles. The van der Waals surface area contributed by atoms with Crippen LogP contribution in [0.25, 0.3) is 11.4 Å². The number of thioether (sulfide) groups is 1.